The molecule has 0 saturated heterocycles. The molecule has 2 heterocycles. The molecule has 1 N–H and O–H groups in total. The van der Waals surface area contributed by atoms with Gasteiger partial charge in [-0.15, -0.1) is 11.3 Å². The summed E-state index contributed by atoms with van der Waals surface area (Å²) >= 11 is 7.38. The van der Waals surface area contributed by atoms with E-state index in [1.165, 1.54) is 24.5 Å². The van der Waals surface area contributed by atoms with E-state index >= 15 is 0 Å². The molecule has 7 nitrogen and oxygen atoms in total. The van der Waals surface area contributed by atoms with Gasteiger partial charge in [0.2, 0.25) is 11.7 Å². The Bertz CT molecular complexity index is 1100. The summed E-state index contributed by atoms with van der Waals surface area (Å²) in [7, 11) is -2.30. The molecule has 0 unspecified atom stereocenters. The maximum Gasteiger partial charge on any atom is 0.263 e. The number of aryl methyl sites for hydroxylation is 1. The fourth-order valence-electron chi connectivity index (χ4n) is 2.61. The van der Waals surface area contributed by atoms with Gasteiger partial charge in [0.15, 0.2) is 0 Å². The van der Waals surface area contributed by atoms with Crippen molar-refractivity contribution < 1.29 is 17.7 Å². The minimum Gasteiger partial charge on any atom is -0.495 e. The van der Waals surface area contributed by atoms with Gasteiger partial charge in [-0.05, 0) is 44.0 Å². The second-order valence-electron chi connectivity index (χ2n) is 6.22. The van der Waals surface area contributed by atoms with Crippen LogP contribution in [0, 0.1) is 6.92 Å². The van der Waals surface area contributed by atoms with E-state index in [0.29, 0.717) is 43.8 Å². The average Bonchev–Trinajstić information content (AvgIpc) is 3.20. The maximum atomic E-state index is 12.8. The second kappa shape index (κ2) is 6.81. The number of halogens is 1. The molecular weight excluding hydrogens is 410 g/mol. The Morgan fingerprint density at radius 2 is 2.11 bits per heavy atom. The van der Waals surface area contributed by atoms with Crippen molar-refractivity contribution in [3.05, 3.63) is 40.1 Å². The lowest BCUT2D eigenvalue weighted by Crippen LogP contribution is -2.13. The van der Waals surface area contributed by atoms with E-state index in [2.05, 4.69) is 14.9 Å². The Labute approximate surface area is 165 Å². The van der Waals surface area contributed by atoms with Gasteiger partial charge in [0.25, 0.3) is 10.0 Å². The van der Waals surface area contributed by atoms with Gasteiger partial charge in [0.05, 0.1) is 22.7 Å². The first kappa shape index (κ1) is 18.3. The number of aromatic nitrogens is 2. The smallest absolute Gasteiger partial charge is 0.263 e. The molecule has 0 amide bonds. The van der Waals surface area contributed by atoms with E-state index in [4.69, 9.17) is 20.9 Å². The minimum atomic E-state index is -3.79. The molecule has 1 saturated carbocycles. The molecule has 0 radical (unpaired) electrons. The van der Waals surface area contributed by atoms with Crippen LogP contribution in [0.5, 0.6) is 5.75 Å². The fourth-order valence-corrected chi connectivity index (χ4v) is 5.44. The summed E-state index contributed by atoms with van der Waals surface area (Å²) in [5, 5.41) is 4.30. The van der Waals surface area contributed by atoms with Crippen molar-refractivity contribution >= 4 is 38.6 Å². The third kappa shape index (κ3) is 3.67. The lowest BCUT2D eigenvalue weighted by atomic mass is 10.3. The highest BCUT2D eigenvalue weighted by atomic mass is 35.5. The number of rotatable bonds is 6. The fraction of sp³-hybridized carbons (Fsp3) is 0.294. The first-order valence-electron chi connectivity index (χ1n) is 8.18. The second-order valence-corrected chi connectivity index (χ2v) is 9.53. The Morgan fingerprint density at radius 1 is 1.33 bits per heavy atom. The van der Waals surface area contributed by atoms with Crippen LogP contribution in [0.15, 0.2) is 33.7 Å². The molecule has 0 aliphatic heterocycles. The molecule has 1 aliphatic carbocycles. The summed E-state index contributed by atoms with van der Waals surface area (Å²) in [5.74, 6) is 1.85. The van der Waals surface area contributed by atoms with E-state index in [1.54, 1.807) is 25.1 Å². The number of hydrogen-bond acceptors (Lipinski definition) is 7. The van der Waals surface area contributed by atoms with Gasteiger partial charge in [0.1, 0.15) is 10.6 Å². The highest BCUT2D eigenvalue weighted by Crippen LogP contribution is 2.40. The zero-order valence-corrected chi connectivity index (χ0v) is 16.9. The normalized spacial score (nSPS) is 14.3. The predicted molar refractivity (Wildman–Crippen MR) is 103 cm³/mol. The lowest BCUT2D eigenvalue weighted by Gasteiger charge is -2.09. The standard InChI is InChI=1S/C17H16ClN3O4S2/c1-9-15(8-14(26-9)16-19-17(25-20-16)10-3-4-10)27(22,23)21-11-5-6-13(24-2)12(18)7-11/h5-8,10,21H,3-4H2,1-2H3. The van der Waals surface area contributed by atoms with Gasteiger partial charge in [-0.2, -0.15) is 4.98 Å². The van der Waals surface area contributed by atoms with Gasteiger partial charge >= 0.3 is 0 Å². The molecule has 27 heavy (non-hydrogen) atoms. The van der Waals surface area contributed by atoms with Crippen LogP contribution in [0.1, 0.15) is 29.5 Å². The lowest BCUT2D eigenvalue weighted by molar-refractivity contribution is 0.380. The van der Waals surface area contributed by atoms with Gasteiger partial charge < -0.3 is 9.26 Å². The molecule has 1 aliphatic rings. The molecule has 1 fully saturated rings. The van der Waals surface area contributed by atoms with Crippen LogP contribution in [-0.2, 0) is 10.0 Å². The van der Waals surface area contributed by atoms with Crippen molar-refractivity contribution in [3.63, 3.8) is 0 Å². The van der Waals surface area contributed by atoms with Gasteiger partial charge in [-0.1, -0.05) is 16.8 Å². The van der Waals surface area contributed by atoms with Gasteiger partial charge in [-0.3, -0.25) is 4.72 Å². The van der Waals surface area contributed by atoms with E-state index in [0.717, 1.165) is 12.8 Å². The predicted octanol–water partition coefficient (Wildman–Crippen LogP) is 4.45. The van der Waals surface area contributed by atoms with Crippen molar-refractivity contribution in [1.29, 1.82) is 0 Å². The molecular formula is C17H16ClN3O4S2. The van der Waals surface area contributed by atoms with E-state index in [9.17, 15) is 8.42 Å². The van der Waals surface area contributed by atoms with Crippen molar-refractivity contribution in [2.75, 3.05) is 11.8 Å². The number of hydrogen-bond donors (Lipinski definition) is 1. The van der Waals surface area contributed by atoms with Crippen LogP contribution >= 0.6 is 22.9 Å². The van der Waals surface area contributed by atoms with E-state index in [1.807, 2.05) is 0 Å². The van der Waals surface area contributed by atoms with Crippen molar-refractivity contribution in [3.8, 4) is 16.5 Å². The summed E-state index contributed by atoms with van der Waals surface area (Å²) in [5.41, 5.74) is 0.350. The molecule has 10 heteroatoms. The topological polar surface area (TPSA) is 94.3 Å². The Balaban J connectivity index is 1.61. The van der Waals surface area contributed by atoms with Gasteiger partial charge in [0, 0.05) is 10.8 Å². The summed E-state index contributed by atoms with van der Waals surface area (Å²) in [6.07, 6.45) is 2.11. The molecule has 0 atom stereocenters. The van der Waals surface area contributed by atoms with Crippen molar-refractivity contribution in [2.24, 2.45) is 0 Å². The van der Waals surface area contributed by atoms with Crippen LogP contribution in [0.25, 0.3) is 10.7 Å². The molecule has 142 valence electrons. The minimum absolute atomic E-state index is 0.173. The third-order valence-electron chi connectivity index (χ3n) is 4.15. The van der Waals surface area contributed by atoms with Crippen molar-refractivity contribution in [1.82, 2.24) is 10.1 Å². The Hall–Kier alpha value is -2.10. The van der Waals surface area contributed by atoms with Crippen LogP contribution in [0.3, 0.4) is 0 Å². The number of benzene rings is 1. The average molecular weight is 426 g/mol. The zero-order valence-electron chi connectivity index (χ0n) is 14.5. The third-order valence-corrected chi connectivity index (χ3v) is 7.13. The highest BCUT2D eigenvalue weighted by Gasteiger charge is 2.30. The molecule has 1 aromatic carbocycles. The molecule has 3 aromatic rings. The number of ether oxygens (including phenoxy) is 1. The van der Waals surface area contributed by atoms with Crippen LogP contribution < -0.4 is 9.46 Å². The molecule has 4 rings (SSSR count). The van der Waals surface area contributed by atoms with Crippen LogP contribution in [-0.4, -0.2) is 25.7 Å². The SMILES string of the molecule is COc1ccc(NS(=O)(=O)c2cc(-c3noc(C4CC4)n3)sc2C)cc1Cl. The van der Waals surface area contributed by atoms with Crippen LogP contribution in [0.2, 0.25) is 5.02 Å². The van der Waals surface area contributed by atoms with E-state index < -0.39 is 10.0 Å². The first-order valence-corrected chi connectivity index (χ1v) is 10.9. The summed E-state index contributed by atoms with van der Waals surface area (Å²) < 4.78 is 38.5. The largest absolute Gasteiger partial charge is 0.495 e. The molecule has 2 aromatic heterocycles. The number of nitrogens with one attached hydrogen (secondary N) is 1. The van der Waals surface area contributed by atoms with Crippen molar-refractivity contribution in [2.45, 2.75) is 30.6 Å². The summed E-state index contributed by atoms with van der Waals surface area (Å²) in [4.78, 5) is 5.84. The number of nitrogens with zero attached hydrogens (tertiary/aromatic N) is 2. The monoisotopic (exact) mass is 425 g/mol. The van der Waals surface area contributed by atoms with E-state index in [-0.39, 0.29) is 4.90 Å². The number of anilines is 1. The van der Waals surface area contributed by atoms with Crippen LogP contribution in [0.4, 0.5) is 5.69 Å². The Kier molecular flexibility index (Phi) is 4.61. The van der Waals surface area contributed by atoms with Gasteiger partial charge in [-0.25, -0.2) is 8.42 Å². The first-order chi connectivity index (χ1) is 12.9. The maximum absolute atomic E-state index is 12.8. The number of thiophene rings is 1. The molecule has 0 spiro atoms. The highest BCUT2D eigenvalue weighted by molar-refractivity contribution is 7.93. The number of sulfonamides is 1. The summed E-state index contributed by atoms with van der Waals surface area (Å²) in [6.45, 7) is 1.74. The summed E-state index contributed by atoms with van der Waals surface area (Å²) in [6, 6.07) is 6.26. The number of methoxy groups -OCH3 is 1. The zero-order chi connectivity index (χ0) is 19.2. The Morgan fingerprint density at radius 3 is 2.78 bits per heavy atom. The molecule has 0 bridgehead atoms. The quantitative estimate of drug-likeness (QED) is 0.627.